The highest BCUT2D eigenvalue weighted by atomic mass is 16.5. The smallest absolute Gasteiger partial charge is 0.0897 e. The molecule has 0 spiro atoms. The molecule has 3 rings (SSSR count). The first-order chi connectivity index (χ1) is 10.9. The highest BCUT2D eigenvalue weighted by molar-refractivity contribution is 5.28. The maximum atomic E-state index is 6.78. The minimum absolute atomic E-state index is 0.0516. The third kappa shape index (κ3) is 3.30. The second-order valence-electron chi connectivity index (χ2n) is 7.98. The molecule has 23 heavy (non-hydrogen) atoms. The Hall–Kier alpha value is -1.34. The number of hydrogen-bond acceptors (Lipinski definition) is 1. The van der Waals surface area contributed by atoms with Crippen LogP contribution in [-0.4, -0.2) is 5.60 Å². The van der Waals surface area contributed by atoms with E-state index in [1.165, 1.54) is 35.1 Å². The number of ether oxygens (including phenoxy) is 1. The van der Waals surface area contributed by atoms with E-state index in [0.29, 0.717) is 11.8 Å². The van der Waals surface area contributed by atoms with Gasteiger partial charge in [0.1, 0.15) is 0 Å². The van der Waals surface area contributed by atoms with Gasteiger partial charge < -0.3 is 4.74 Å². The van der Waals surface area contributed by atoms with Crippen molar-refractivity contribution in [1.82, 2.24) is 0 Å². The predicted octanol–water partition coefficient (Wildman–Crippen LogP) is 6.15. The number of fused-ring (bicyclic) bond motifs is 2. The topological polar surface area (TPSA) is 9.23 Å². The minimum Gasteiger partial charge on any atom is -0.366 e. The van der Waals surface area contributed by atoms with Crippen molar-refractivity contribution in [3.63, 3.8) is 0 Å². The van der Waals surface area contributed by atoms with Crippen molar-refractivity contribution < 1.29 is 4.74 Å². The van der Waals surface area contributed by atoms with E-state index in [0.717, 1.165) is 12.8 Å². The third-order valence-electron chi connectivity index (χ3n) is 5.82. The molecule has 124 valence electrons. The van der Waals surface area contributed by atoms with E-state index < -0.39 is 0 Å². The molecule has 1 saturated heterocycles. The van der Waals surface area contributed by atoms with Gasteiger partial charge in [-0.15, -0.1) is 0 Å². The van der Waals surface area contributed by atoms with Crippen LogP contribution in [-0.2, 0) is 4.74 Å². The molecule has 0 amide bonds. The molecule has 0 aromatic heterocycles. The Balaban J connectivity index is 1.92. The Bertz CT molecular complexity index is 605. The van der Waals surface area contributed by atoms with E-state index in [2.05, 4.69) is 64.6 Å². The van der Waals surface area contributed by atoms with Crippen LogP contribution in [0.5, 0.6) is 0 Å². The molecule has 0 unspecified atom stereocenters. The molecule has 2 fully saturated rings. The Labute approximate surface area is 141 Å². The molecule has 2 bridgehead atoms. The average molecular weight is 310 g/mol. The van der Waals surface area contributed by atoms with Gasteiger partial charge in [-0.2, -0.15) is 0 Å². The van der Waals surface area contributed by atoms with Crippen LogP contribution < -0.4 is 0 Å². The molecule has 4 atom stereocenters. The van der Waals surface area contributed by atoms with Crippen LogP contribution in [0.4, 0.5) is 0 Å². The molecule has 2 aliphatic rings. The monoisotopic (exact) mass is 310 g/mol. The van der Waals surface area contributed by atoms with Gasteiger partial charge in [0.2, 0.25) is 0 Å². The molecule has 1 aromatic carbocycles. The molecule has 1 aliphatic heterocycles. The van der Waals surface area contributed by atoms with Crippen molar-refractivity contribution >= 4 is 0 Å². The van der Waals surface area contributed by atoms with Crippen molar-refractivity contribution in [1.29, 1.82) is 0 Å². The summed E-state index contributed by atoms with van der Waals surface area (Å²) < 4.78 is 6.78. The van der Waals surface area contributed by atoms with E-state index in [4.69, 9.17) is 4.74 Å². The zero-order valence-electron chi connectivity index (χ0n) is 15.1. The standard InChI is InChI=1S/C22H30O/c1-15(2)12-13-22(5)19-11-8-17(4)20(14-19)21(23-22)18-9-6-16(3)7-10-18/h6-7,9-10,12,19-21H,4,8,11,13-14H2,1-3,5H3/t19-,20+,21+,22-/m0/s1. The van der Waals surface area contributed by atoms with E-state index in [1.807, 2.05) is 0 Å². The maximum absolute atomic E-state index is 6.78. The summed E-state index contributed by atoms with van der Waals surface area (Å²) in [7, 11) is 0. The molecule has 1 heterocycles. The summed E-state index contributed by atoms with van der Waals surface area (Å²) >= 11 is 0. The molecular formula is C22H30O. The van der Waals surface area contributed by atoms with Crippen LogP contribution in [0.15, 0.2) is 48.1 Å². The normalized spacial score (nSPS) is 33.4. The zero-order valence-corrected chi connectivity index (χ0v) is 15.1. The van der Waals surface area contributed by atoms with Crippen molar-refractivity contribution in [3.8, 4) is 0 Å². The van der Waals surface area contributed by atoms with Crippen molar-refractivity contribution in [2.24, 2.45) is 11.8 Å². The summed E-state index contributed by atoms with van der Waals surface area (Å²) in [6, 6.07) is 8.88. The first kappa shape index (κ1) is 16.5. The number of rotatable bonds is 3. The lowest BCUT2D eigenvalue weighted by atomic mass is 9.65. The lowest BCUT2D eigenvalue weighted by molar-refractivity contribution is -0.181. The second kappa shape index (κ2) is 6.28. The third-order valence-corrected chi connectivity index (χ3v) is 5.82. The molecule has 1 aromatic rings. The van der Waals surface area contributed by atoms with Gasteiger partial charge in [-0.05, 0) is 64.9 Å². The summed E-state index contributed by atoms with van der Waals surface area (Å²) in [5.74, 6) is 1.13. The predicted molar refractivity (Wildman–Crippen MR) is 97.4 cm³/mol. The molecule has 1 aliphatic carbocycles. The van der Waals surface area contributed by atoms with Gasteiger partial charge in [0.15, 0.2) is 0 Å². The SMILES string of the molecule is C=C1CC[C@H]2C[C@H]1[C@@H](c1ccc(C)cc1)O[C@@]2(C)CC=C(C)C. The maximum Gasteiger partial charge on any atom is 0.0897 e. The largest absolute Gasteiger partial charge is 0.366 e. The highest BCUT2D eigenvalue weighted by Gasteiger charge is 2.48. The van der Waals surface area contributed by atoms with Gasteiger partial charge in [-0.1, -0.05) is 53.6 Å². The number of allylic oxidation sites excluding steroid dienone is 1. The van der Waals surface area contributed by atoms with E-state index in [9.17, 15) is 0 Å². The molecule has 1 nitrogen and oxygen atoms in total. The van der Waals surface area contributed by atoms with Gasteiger partial charge in [-0.25, -0.2) is 0 Å². The summed E-state index contributed by atoms with van der Waals surface area (Å²) in [4.78, 5) is 0. The fraction of sp³-hybridized carbons (Fsp3) is 0.545. The summed E-state index contributed by atoms with van der Waals surface area (Å²) in [6.07, 6.45) is 7.13. The van der Waals surface area contributed by atoms with E-state index in [1.54, 1.807) is 0 Å². The van der Waals surface area contributed by atoms with Crippen LogP contribution in [0.1, 0.15) is 63.7 Å². The van der Waals surface area contributed by atoms with Gasteiger partial charge in [0.05, 0.1) is 11.7 Å². The van der Waals surface area contributed by atoms with Crippen molar-refractivity contribution in [3.05, 3.63) is 59.2 Å². The van der Waals surface area contributed by atoms with Gasteiger partial charge in [-0.3, -0.25) is 0 Å². The van der Waals surface area contributed by atoms with Gasteiger partial charge >= 0.3 is 0 Å². The number of hydrogen-bond donors (Lipinski definition) is 0. The minimum atomic E-state index is -0.0516. The molecule has 0 radical (unpaired) electrons. The first-order valence-corrected chi connectivity index (χ1v) is 8.94. The molecule has 0 N–H and O–H groups in total. The van der Waals surface area contributed by atoms with Crippen LogP contribution in [0.25, 0.3) is 0 Å². The Kier molecular flexibility index (Phi) is 4.51. The highest BCUT2D eigenvalue weighted by Crippen LogP contribution is 2.53. The molecule has 1 saturated carbocycles. The fourth-order valence-electron chi connectivity index (χ4n) is 4.17. The van der Waals surface area contributed by atoms with Crippen LogP contribution >= 0.6 is 0 Å². The summed E-state index contributed by atoms with van der Waals surface area (Å²) in [5.41, 5.74) is 5.33. The lowest BCUT2D eigenvalue weighted by Crippen LogP contribution is -2.48. The average Bonchev–Trinajstić information content (AvgIpc) is 2.52. The van der Waals surface area contributed by atoms with Gasteiger partial charge in [0, 0.05) is 5.92 Å². The Morgan fingerprint density at radius 1 is 1.30 bits per heavy atom. The first-order valence-electron chi connectivity index (χ1n) is 8.94. The molecule has 1 heteroatoms. The van der Waals surface area contributed by atoms with Crippen LogP contribution in [0.2, 0.25) is 0 Å². The number of benzene rings is 1. The zero-order chi connectivity index (χ0) is 16.6. The van der Waals surface area contributed by atoms with Crippen LogP contribution in [0, 0.1) is 18.8 Å². The van der Waals surface area contributed by atoms with Crippen LogP contribution in [0.3, 0.4) is 0 Å². The lowest BCUT2D eigenvalue weighted by Gasteiger charge is -2.52. The van der Waals surface area contributed by atoms with E-state index >= 15 is 0 Å². The Morgan fingerprint density at radius 3 is 2.65 bits per heavy atom. The number of aryl methyl sites for hydroxylation is 1. The summed E-state index contributed by atoms with van der Waals surface area (Å²) in [5, 5.41) is 0. The quantitative estimate of drug-likeness (QED) is 0.608. The van der Waals surface area contributed by atoms with Gasteiger partial charge in [0.25, 0.3) is 0 Å². The fourth-order valence-corrected chi connectivity index (χ4v) is 4.17. The van der Waals surface area contributed by atoms with Crippen molar-refractivity contribution in [2.45, 2.75) is 65.1 Å². The summed E-state index contributed by atoms with van der Waals surface area (Å²) in [6.45, 7) is 13.2. The molecular weight excluding hydrogens is 280 g/mol. The second-order valence-corrected chi connectivity index (χ2v) is 7.98. The van der Waals surface area contributed by atoms with E-state index in [-0.39, 0.29) is 11.7 Å². The van der Waals surface area contributed by atoms with Crippen molar-refractivity contribution in [2.75, 3.05) is 0 Å². The Morgan fingerprint density at radius 2 is 2.00 bits per heavy atom.